The van der Waals surface area contributed by atoms with Crippen molar-refractivity contribution < 1.29 is 0 Å². The number of nitrogens with zero attached hydrogens (tertiary/aromatic N) is 4. The topological polar surface area (TPSA) is 105 Å². The number of hydrogen-bond donors (Lipinski definition) is 3. The van der Waals surface area contributed by atoms with Gasteiger partial charge in [-0.2, -0.15) is 15.1 Å². The highest BCUT2D eigenvalue weighted by Gasteiger charge is 2.23. The molecular formula is C13H13N7. The van der Waals surface area contributed by atoms with Crippen molar-refractivity contribution in [3.05, 3.63) is 24.4 Å². The van der Waals surface area contributed by atoms with E-state index in [9.17, 15) is 0 Å². The fourth-order valence-corrected chi connectivity index (χ4v) is 2.11. The maximum atomic E-state index is 5.77. The molecule has 1 aliphatic carbocycles. The van der Waals surface area contributed by atoms with E-state index in [-0.39, 0.29) is 5.95 Å². The van der Waals surface area contributed by atoms with Gasteiger partial charge in [0.15, 0.2) is 5.65 Å². The molecule has 0 aliphatic heterocycles. The first-order chi connectivity index (χ1) is 9.79. The molecule has 4 N–H and O–H groups in total. The second-order valence-electron chi connectivity index (χ2n) is 4.89. The Morgan fingerprint density at radius 1 is 1.15 bits per heavy atom. The van der Waals surface area contributed by atoms with Crippen LogP contribution in [0.25, 0.3) is 22.4 Å². The van der Waals surface area contributed by atoms with Gasteiger partial charge in [-0.25, -0.2) is 4.98 Å². The van der Waals surface area contributed by atoms with Crippen molar-refractivity contribution in [2.45, 2.75) is 18.9 Å². The Hall–Kier alpha value is -2.70. The smallest absolute Gasteiger partial charge is 0.224 e. The first kappa shape index (κ1) is 11.2. The quantitative estimate of drug-likeness (QED) is 0.665. The van der Waals surface area contributed by atoms with Crippen LogP contribution in [0.3, 0.4) is 0 Å². The standard InChI is InChI=1S/C13H13N7/c14-13-18-11(16-7-1-2-7)8-3-4-9(17-12(8)19-13)10-5-6-15-20-10/h3-7H,1-2H2,(H,15,20)(H3,14,16,17,18,19). The van der Waals surface area contributed by atoms with E-state index in [2.05, 4.69) is 30.5 Å². The summed E-state index contributed by atoms with van der Waals surface area (Å²) in [5, 5.41) is 11.1. The molecule has 7 heteroatoms. The first-order valence-corrected chi connectivity index (χ1v) is 6.50. The molecule has 0 amide bonds. The maximum absolute atomic E-state index is 5.77. The molecule has 1 saturated carbocycles. The zero-order valence-electron chi connectivity index (χ0n) is 10.7. The van der Waals surface area contributed by atoms with Gasteiger partial charge >= 0.3 is 0 Å². The van der Waals surface area contributed by atoms with Crippen LogP contribution in [0.4, 0.5) is 11.8 Å². The van der Waals surface area contributed by atoms with E-state index in [0.717, 1.165) is 22.6 Å². The van der Waals surface area contributed by atoms with Crippen LogP contribution in [-0.4, -0.2) is 31.2 Å². The van der Waals surface area contributed by atoms with Gasteiger partial charge in [-0.1, -0.05) is 0 Å². The number of nitrogens with one attached hydrogen (secondary N) is 2. The molecule has 0 aromatic carbocycles. The van der Waals surface area contributed by atoms with E-state index < -0.39 is 0 Å². The second-order valence-corrected chi connectivity index (χ2v) is 4.89. The molecule has 20 heavy (non-hydrogen) atoms. The molecule has 1 fully saturated rings. The SMILES string of the molecule is Nc1nc(NC2CC2)c2ccc(-c3ccn[nH]3)nc2n1. The summed E-state index contributed by atoms with van der Waals surface area (Å²) in [5.41, 5.74) is 7.99. The molecule has 0 saturated heterocycles. The number of nitrogens with two attached hydrogens (primary N) is 1. The number of nitrogen functional groups attached to an aromatic ring is 1. The number of rotatable bonds is 3. The fourth-order valence-electron chi connectivity index (χ4n) is 2.11. The highest BCUT2D eigenvalue weighted by Crippen LogP contribution is 2.28. The number of hydrogen-bond acceptors (Lipinski definition) is 6. The molecule has 3 aromatic heterocycles. The Morgan fingerprint density at radius 3 is 2.80 bits per heavy atom. The van der Waals surface area contributed by atoms with Gasteiger partial charge in [0.1, 0.15) is 5.82 Å². The van der Waals surface area contributed by atoms with Crippen molar-refractivity contribution in [1.29, 1.82) is 0 Å². The summed E-state index contributed by atoms with van der Waals surface area (Å²) in [6.45, 7) is 0. The van der Waals surface area contributed by atoms with Gasteiger partial charge in [0.2, 0.25) is 5.95 Å². The van der Waals surface area contributed by atoms with E-state index in [0.29, 0.717) is 11.7 Å². The van der Waals surface area contributed by atoms with Crippen LogP contribution in [0.5, 0.6) is 0 Å². The molecule has 3 heterocycles. The van der Waals surface area contributed by atoms with E-state index in [4.69, 9.17) is 5.73 Å². The highest BCUT2D eigenvalue weighted by atomic mass is 15.1. The Labute approximate surface area is 114 Å². The molecule has 0 unspecified atom stereocenters. The van der Waals surface area contributed by atoms with Crippen molar-refractivity contribution in [1.82, 2.24) is 25.1 Å². The normalized spacial score (nSPS) is 14.6. The van der Waals surface area contributed by atoms with Crippen molar-refractivity contribution in [2.24, 2.45) is 0 Å². The van der Waals surface area contributed by atoms with Crippen molar-refractivity contribution in [2.75, 3.05) is 11.1 Å². The van der Waals surface area contributed by atoms with Crippen molar-refractivity contribution >= 4 is 22.8 Å². The third-order valence-electron chi connectivity index (χ3n) is 3.27. The average Bonchev–Trinajstić information content (AvgIpc) is 3.08. The predicted molar refractivity (Wildman–Crippen MR) is 76.0 cm³/mol. The van der Waals surface area contributed by atoms with Gasteiger partial charge in [-0.05, 0) is 31.0 Å². The van der Waals surface area contributed by atoms with Crippen LogP contribution < -0.4 is 11.1 Å². The van der Waals surface area contributed by atoms with Gasteiger partial charge in [-0.3, -0.25) is 5.10 Å². The highest BCUT2D eigenvalue weighted by molar-refractivity contribution is 5.89. The average molecular weight is 267 g/mol. The summed E-state index contributed by atoms with van der Waals surface area (Å²) in [5.74, 6) is 0.994. The van der Waals surface area contributed by atoms with Crippen molar-refractivity contribution in [3.8, 4) is 11.4 Å². The number of H-pyrrole nitrogens is 1. The molecule has 0 bridgehead atoms. The lowest BCUT2D eigenvalue weighted by Gasteiger charge is -2.08. The molecule has 0 radical (unpaired) electrons. The van der Waals surface area contributed by atoms with Crippen LogP contribution in [0.15, 0.2) is 24.4 Å². The number of pyridine rings is 1. The second kappa shape index (κ2) is 4.16. The fraction of sp³-hybridized carbons (Fsp3) is 0.231. The summed E-state index contributed by atoms with van der Waals surface area (Å²) >= 11 is 0. The summed E-state index contributed by atoms with van der Waals surface area (Å²) in [7, 11) is 0. The lowest BCUT2D eigenvalue weighted by atomic mass is 10.2. The largest absolute Gasteiger partial charge is 0.368 e. The van der Waals surface area contributed by atoms with Gasteiger partial charge in [-0.15, -0.1) is 0 Å². The summed E-state index contributed by atoms with van der Waals surface area (Å²) in [6.07, 6.45) is 4.03. The molecule has 4 rings (SSSR count). The Kier molecular flexibility index (Phi) is 2.32. The van der Waals surface area contributed by atoms with E-state index in [1.165, 1.54) is 12.8 Å². The van der Waals surface area contributed by atoms with Gasteiger partial charge in [0.25, 0.3) is 0 Å². The monoisotopic (exact) mass is 267 g/mol. The van der Waals surface area contributed by atoms with E-state index >= 15 is 0 Å². The van der Waals surface area contributed by atoms with Crippen LogP contribution >= 0.6 is 0 Å². The maximum Gasteiger partial charge on any atom is 0.224 e. The van der Waals surface area contributed by atoms with Crippen LogP contribution in [0, 0.1) is 0 Å². The van der Waals surface area contributed by atoms with Gasteiger partial charge in [0.05, 0.1) is 16.8 Å². The molecule has 1 aliphatic rings. The van der Waals surface area contributed by atoms with Crippen LogP contribution in [-0.2, 0) is 0 Å². The molecule has 100 valence electrons. The third-order valence-corrected chi connectivity index (χ3v) is 3.27. The molecule has 0 atom stereocenters. The summed E-state index contributed by atoms with van der Waals surface area (Å²) < 4.78 is 0. The minimum Gasteiger partial charge on any atom is -0.368 e. The lowest BCUT2D eigenvalue weighted by molar-refractivity contribution is 1.08. The minimum absolute atomic E-state index is 0.231. The zero-order chi connectivity index (χ0) is 13.5. The summed E-state index contributed by atoms with van der Waals surface area (Å²) in [6, 6.07) is 6.25. The van der Waals surface area contributed by atoms with E-state index in [1.807, 2.05) is 18.2 Å². The lowest BCUT2D eigenvalue weighted by Crippen LogP contribution is -2.07. The number of aromatic amines is 1. The Bertz CT molecular complexity index is 762. The van der Waals surface area contributed by atoms with Gasteiger partial charge in [0, 0.05) is 12.2 Å². The Balaban J connectivity index is 1.85. The van der Waals surface area contributed by atoms with Crippen molar-refractivity contribution in [3.63, 3.8) is 0 Å². The zero-order valence-corrected chi connectivity index (χ0v) is 10.7. The molecule has 3 aromatic rings. The number of fused-ring (bicyclic) bond motifs is 1. The first-order valence-electron chi connectivity index (χ1n) is 6.50. The van der Waals surface area contributed by atoms with Gasteiger partial charge < -0.3 is 11.1 Å². The molecular weight excluding hydrogens is 254 g/mol. The Morgan fingerprint density at radius 2 is 2.05 bits per heavy atom. The number of aromatic nitrogens is 5. The molecule has 0 spiro atoms. The van der Waals surface area contributed by atoms with Crippen LogP contribution in [0.2, 0.25) is 0 Å². The van der Waals surface area contributed by atoms with E-state index in [1.54, 1.807) is 6.20 Å². The number of anilines is 2. The predicted octanol–water partition coefficient (Wildman–Crippen LogP) is 1.57. The third kappa shape index (κ3) is 1.93. The van der Waals surface area contributed by atoms with Crippen LogP contribution in [0.1, 0.15) is 12.8 Å². The molecule has 7 nitrogen and oxygen atoms in total. The summed E-state index contributed by atoms with van der Waals surface area (Å²) in [4.78, 5) is 13.0. The minimum atomic E-state index is 0.231.